The minimum atomic E-state index is 0.477. The second-order valence-electron chi connectivity index (χ2n) is 5.49. The molecule has 0 bridgehead atoms. The molecule has 2 heterocycles. The van der Waals surface area contributed by atoms with Crippen molar-refractivity contribution >= 4 is 10.9 Å². The molecule has 0 amide bonds. The first-order chi connectivity index (χ1) is 9.81. The van der Waals surface area contributed by atoms with Gasteiger partial charge in [-0.1, -0.05) is 12.1 Å². The predicted molar refractivity (Wildman–Crippen MR) is 79.7 cm³/mol. The van der Waals surface area contributed by atoms with Crippen LogP contribution in [0.4, 0.5) is 0 Å². The Morgan fingerprint density at radius 3 is 3.10 bits per heavy atom. The average molecular weight is 274 g/mol. The fraction of sp³-hybridized carbons (Fsp3) is 0.533. The first-order valence-electron chi connectivity index (χ1n) is 7.27. The zero-order valence-electron chi connectivity index (χ0n) is 11.9. The molecule has 2 aromatic rings. The van der Waals surface area contributed by atoms with Crippen LogP contribution in [0.15, 0.2) is 24.4 Å². The van der Waals surface area contributed by atoms with Gasteiger partial charge in [0.05, 0.1) is 24.9 Å². The van der Waals surface area contributed by atoms with Crippen molar-refractivity contribution in [2.75, 3.05) is 32.8 Å². The van der Waals surface area contributed by atoms with Gasteiger partial charge in [0.1, 0.15) is 0 Å². The normalized spacial score (nSPS) is 18.4. The van der Waals surface area contributed by atoms with Crippen molar-refractivity contribution in [2.24, 2.45) is 0 Å². The summed E-state index contributed by atoms with van der Waals surface area (Å²) < 4.78 is 5.37. The van der Waals surface area contributed by atoms with Gasteiger partial charge in [0.2, 0.25) is 0 Å². The molecular weight excluding hydrogens is 252 g/mol. The van der Waals surface area contributed by atoms with Crippen molar-refractivity contribution < 1.29 is 4.74 Å². The third kappa shape index (κ3) is 3.36. The van der Waals surface area contributed by atoms with E-state index in [9.17, 15) is 0 Å². The lowest BCUT2D eigenvalue weighted by molar-refractivity contribution is 0.0343. The Kier molecular flexibility index (Phi) is 4.30. The number of hydrogen-bond acceptors (Lipinski definition) is 4. The number of aromatic nitrogens is 2. The molecule has 5 heteroatoms. The minimum absolute atomic E-state index is 0.477. The molecule has 0 spiro atoms. The molecule has 20 heavy (non-hydrogen) atoms. The van der Waals surface area contributed by atoms with Gasteiger partial charge in [0, 0.05) is 37.6 Å². The Morgan fingerprint density at radius 1 is 1.40 bits per heavy atom. The Morgan fingerprint density at radius 2 is 2.25 bits per heavy atom. The van der Waals surface area contributed by atoms with Gasteiger partial charge >= 0.3 is 0 Å². The van der Waals surface area contributed by atoms with Crippen LogP contribution < -0.4 is 5.32 Å². The summed E-state index contributed by atoms with van der Waals surface area (Å²) in [6.07, 6.45) is 1.85. The summed E-state index contributed by atoms with van der Waals surface area (Å²) in [5.41, 5.74) is 2.39. The fourth-order valence-corrected chi connectivity index (χ4v) is 2.62. The third-order valence-corrected chi connectivity index (χ3v) is 3.80. The van der Waals surface area contributed by atoms with Gasteiger partial charge in [0.25, 0.3) is 0 Å². The number of hydrogen-bond donors (Lipinski definition) is 2. The summed E-state index contributed by atoms with van der Waals surface area (Å²) in [6, 6.07) is 6.91. The molecule has 0 radical (unpaired) electrons. The Labute approximate surface area is 119 Å². The average Bonchev–Trinajstić information content (AvgIpc) is 2.93. The maximum absolute atomic E-state index is 5.37. The van der Waals surface area contributed by atoms with E-state index in [1.807, 2.05) is 6.20 Å². The van der Waals surface area contributed by atoms with E-state index in [2.05, 4.69) is 45.5 Å². The van der Waals surface area contributed by atoms with Gasteiger partial charge in [-0.15, -0.1) is 0 Å². The van der Waals surface area contributed by atoms with Crippen molar-refractivity contribution in [3.05, 3.63) is 30.0 Å². The summed E-state index contributed by atoms with van der Waals surface area (Å²) >= 11 is 0. The Balaban J connectivity index is 1.50. The van der Waals surface area contributed by atoms with Gasteiger partial charge in [-0.2, -0.15) is 5.10 Å². The Hall–Kier alpha value is -1.43. The highest BCUT2D eigenvalue weighted by atomic mass is 16.5. The third-order valence-electron chi connectivity index (χ3n) is 3.80. The van der Waals surface area contributed by atoms with Crippen LogP contribution in [0.2, 0.25) is 0 Å². The molecule has 1 aliphatic rings. The van der Waals surface area contributed by atoms with Crippen LogP contribution >= 0.6 is 0 Å². The SMILES string of the molecule is C[C@@H](CN1CCOCC1)NCc1ccc2cn[nH]c2c1. The van der Waals surface area contributed by atoms with E-state index in [-0.39, 0.29) is 0 Å². The molecule has 2 N–H and O–H groups in total. The molecule has 1 aromatic carbocycles. The molecule has 0 aliphatic carbocycles. The van der Waals surface area contributed by atoms with Crippen LogP contribution in [0.5, 0.6) is 0 Å². The highest BCUT2D eigenvalue weighted by Gasteiger charge is 2.13. The molecular formula is C15H22N4O. The van der Waals surface area contributed by atoms with Gasteiger partial charge in [-0.05, 0) is 18.6 Å². The molecule has 0 saturated carbocycles. The molecule has 108 valence electrons. The summed E-state index contributed by atoms with van der Waals surface area (Å²) in [6.45, 7) is 8.03. The maximum Gasteiger partial charge on any atom is 0.0653 e. The zero-order valence-corrected chi connectivity index (χ0v) is 11.9. The topological polar surface area (TPSA) is 53.2 Å². The van der Waals surface area contributed by atoms with Crippen LogP contribution in [0, 0.1) is 0 Å². The number of nitrogens with one attached hydrogen (secondary N) is 2. The van der Waals surface area contributed by atoms with E-state index in [0.29, 0.717) is 6.04 Å². The molecule has 1 atom stereocenters. The van der Waals surface area contributed by atoms with E-state index in [1.165, 1.54) is 5.56 Å². The number of fused-ring (bicyclic) bond motifs is 1. The summed E-state index contributed by atoms with van der Waals surface area (Å²) in [4.78, 5) is 2.46. The smallest absolute Gasteiger partial charge is 0.0653 e. The molecule has 0 unspecified atom stereocenters. The predicted octanol–water partition coefficient (Wildman–Crippen LogP) is 1.37. The number of nitrogens with zero attached hydrogens (tertiary/aromatic N) is 2. The van der Waals surface area contributed by atoms with Gasteiger partial charge in [-0.25, -0.2) is 0 Å². The lowest BCUT2D eigenvalue weighted by Crippen LogP contribution is -2.44. The van der Waals surface area contributed by atoms with E-state index in [0.717, 1.165) is 50.3 Å². The van der Waals surface area contributed by atoms with Crippen LogP contribution in [-0.2, 0) is 11.3 Å². The van der Waals surface area contributed by atoms with Gasteiger partial charge in [0.15, 0.2) is 0 Å². The number of aromatic amines is 1. The van der Waals surface area contributed by atoms with Crippen molar-refractivity contribution in [3.8, 4) is 0 Å². The zero-order chi connectivity index (χ0) is 13.8. The van der Waals surface area contributed by atoms with Crippen LogP contribution in [-0.4, -0.2) is 54.0 Å². The van der Waals surface area contributed by atoms with E-state index in [1.54, 1.807) is 0 Å². The first kappa shape index (κ1) is 13.5. The van der Waals surface area contributed by atoms with Crippen molar-refractivity contribution in [3.63, 3.8) is 0 Å². The first-order valence-corrected chi connectivity index (χ1v) is 7.27. The summed E-state index contributed by atoms with van der Waals surface area (Å²) in [7, 11) is 0. The standard InChI is InChI=1S/C15H22N4O/c1-12(11-19-4-6-20-7-5-19)16-9-13-2-3-14-10-17-18-15(14)8-13/h2-3,8,10,12,16H,4-7,9,11H2,1H3,(H,17,18)/t12-/m0/s1. The van der Waals surface area contributed by atoms with Gasteiger partial charge < -0.3 is 10.1 Å². The van der Waals surface area contributed by atoms with Gasteiger partial charge in [-0.3, -0.25) is 10.00 Å². The van der Waals surface area contributed by atoms with Crippen molar-refractivity contribution in [2.45, 2.75) is 19.5 Å². The quantitative estimate of drug-likeness (QED) is 0.865. The minimum Gasteiger partial charge on any atom is -0.379 e. The van der Waals surface area contributed by atoms with Crippen LogP contribution in [0.25, 0.3) is 10.9 Å². The number of morpholine rings is 1. The second-order valence-corrected chi connectivity index (χ2v) is 5.49. The molecule has 1 aromatic heterocycles. The lowest BCUT2D eigenvalue weighted by atomic mass is 10.1. The fourth-order valence-electron chi connectivity index (χ4n) is 2.62. The maximum atomic E-state index is 5.37. The van der Waals surface area contributed by atoms with E-state index in [4.69, 9.17) is 4.74 Å². The van der Waals surface area contributed by atoms with Crippen molar-refractivity contribution in [1.29, 1.82) is 0 Å². The number of ether oxygens (including phenoxy) is 1. The summed E-state index contributed by atoms with van der Waals surface area (Å²) in [5.74, 6) is 0. The molecule has 1 fully saturated rings. The monoisotopic (exact) mass is 274 g/mol. The second kappa shape index (κ2) is 6.35. The van der Waals surface area contributed by atoms with E-state index < -0.39 is 0 Å². The van der Waals surface area contributed by atoms with Crippen molar-refractivity contribution in [1.82, 2.24) is 20.4 Å². The molecule has 1 aliphatic heterocycles. The molecule has 3 rings (SSSR count). The van der Waals surface area contributed by atoms with E-state index >= 15 is 0 Å². The van der Waals surface area contributed by atoms with Crippen LogP contribution in [0.3, 0.4) is 0 Å². The van der Waals surface area contributed by atoms with Crippen LogP contribution in [0.1, 0.15) is 12.5 Å². The summed E-state index contributed by atoms with van der Waals surface area (Å²) in [5, 5.41) is 11.8. The molecule has 5 nitrogen and oxygen atoms in total. The largest absolute Gasteiger partial charge is 0.379 e. The number of H-pyrrole nitrogens is 1. The highest BCUT2D eigenvalue weighted by molar-refractivity contribution is 5.78. The number of benzene rings is 1. The molecule has 1 saturated heterocycles. The lowest BCUT2D eigenvalue weighted by Gasteiger charge is -2.29. The highest BCUT2D eigenvalue weighted by Crippen LogP contribution is 2.12. The number of rotatable bonds is 5. The Bertz CT molecular complexity index is 548.